The van der Waals surface area contributed by atoms with E-state index in [0.29, 0.717) is 23.1 Å². The number of hydrogen-bond acceptors (Lipinski definition) is 7. The van der Waals surface area contributed by atoms with Crippen molar-refractivity contribution in [3.63, 3.8) is 0 Å². The molecule has 0 unspecified atom stereocenters. The van der Waals surface area contributed by atoms with Gasteiger partial charge in [-0.15, -0.1) is 0 Å². The second kappa shape index (κ2) is 13.8. The zero-order chi connectivity index (χ0) is 33.1. The van der Waals surface area contributed by atoms with E-state index in [2.05, 4.69) is 5.32 Å². The molecular formula is C38H44N2O7. The van der Waals surface area contributed by atoms with Crippen LogP contribution in [0.5, 0.6) is 11.5 Å². The summed E-state index contributed by atoms with van der Waals surface area (Å²) in [5.74, 6) is -0.193. The number of likely N-dealkylation sites (tertiary alicyclic amines) is 1. The van der Waals surface area contributed by atoms with Crippen LogP contribution in [-0.2, 0) is 36.9 Å². The Hall–Kier alpha value is -4.37. The van der Waals surface area contributed by atoms with Gasteiger partial charge in [-0.2, -0.15) is 0 Å². The third-order valence-corrected chi connectivity index (χ3v) is 10.3. The normalized spacial score (nSPS) is 24.4. The molecule has 0 spiro atoms. The summed E-state index contributed by atoms with van der Waals surface area (Å²) in [4.78, 5) is 43.7. The van der Waals surface area contributed by atoms with Gasteiger partial charge in [0.2, 0.25) is 11.8 Å². The molecule has 2 fully saturated rings. The van der Waals surface area contributed by atoms with Crippen molar-refractivity contribution in [1.29, 1.82) is 0 Å². The van der Waals surface area contributed by atoms with Crippen molar-refractivity contribution in [2.45, 2.75) is 70.7 Å². The quantitative estimate of drug-likeness (QED) is 0.274. The molecule has 6 rings (SSSR count). The van der Waals surface area contributed by atoms with Crippen molar-refractivity contribution in [2.24, 2.45) is 17.3 Å². The Balaban J connectivity index is 1.34. The number of rotatable bonds is 10. The first-order valence-corrected chi connectivity index (χ1v) is 16.5. The van der Waals surface area contributed by atoms with Gasteiger partial charge in [-0.3, -0.25) is 14.4 Å². The SMILES string of the molecule is COC(=O)[C@]12C[C@H](CC(=O)NCc3ccc(OC)c(OC)c3)C(=O)N(Cc3cccc4ccccc34)C1=C[C@H](C1CCCC1)O[C@@H]2C. The number of benzene rings is 3. The minimum absolute atomic E-state index is 0.0804. The van der Waals surface area contributed by atoms with Crippen LogP contribution in [0.3, 0.4) is 0 Å². The maximum atomic E-state index is 14.6. The van der Waals surface area contributed by atoms with Crippen LogP contribution in [0.2, 0.25) is 0 Å². The molecule has 1 saturated carbocycles. The summed E-state index contributed by atoms with van der Waals surface area (Å²) < 4.78 is 22.8. The number of carbonyl (C=O) groups is 3. The number of esters is 1. The van der Waals surface area contributed by atoms with E-state index < -0.39 is 23.4 Å². The molecule has 4 atom stereocenters. The lowest BCUT2D eigenvalue weighted by atomic mass is 9.66. The third kappa shape index (κ3) is 6.21. The molecule has 2 amide bonds. The maximum Gasteiger partial charge on any atom is 0.320 e. The lowest BCUT2D eigenvalue weighted by Crippen LogP contribution is -2.60. The number of fused-ring (bicyclic) bond motifs is 2. The molecule has 0 bridgehead atoms. The van der Waals surface area contributed by atoms with Gasteiger partial charge in [0.05, 0.1) is 40.1 Å². The van der Waals surface area contributed by atoms with Crippen LogP contribution in [0.15, 0.2) is 72.4 Å². The summed E-state index contributed by atoms with van der Waals surface area (Å²) in [6.07, 6.45) is 5.68. The number of ether oxygens (including phenoxy) is 4. The Kier molecular flexibility index (Phi) is 9.55. The lowest BCUT2D eigenvalue weighted by Gasteiger charge is -2.52. The standard InChI is InChI=1S/C38H44N2O7/c1-24-38(37(43)46-4)21-29(19-35(41)39-22-25-16-17-31(44-2)33(18-25)45-3)36(42)40(34(38)20-32(47-24)27-11-5-6-12-27)23-28-14-9-13-26-10-7-8-15-30(26)28/h7-10,13-18,20,24,27,29,32H,5-6,11-12,19,21-23H2,1-4H3,(H,39,41)/t24-,29+,32-,38+/m1/s1. The fourth-order valence-electron chi connectivity index (χ4n) is 7.80. The fraction of sp³-hybridized carbons (Fsp3) is 0.447. The van der Waals surface area contributed by atoms with Crippen molar-refractivity contribution in [1.82, 2.24) is 10.2 Å². The van der Waals surface area contributed by atoms with Gasteiger partial charge >= 0.3 is 5.97 Å². The van der Waals surface area contributed by atoms with Crippen LogP contribution in [0.4, 0.5) is 0 Å². The number of nitrogens with one attached hydrogen (secondary N) is 1. The number of nitrogens with zero attached hydrogens (tertiary/aromatic N) is 1. The van der Waals surface area contributed by atoms with E-state index >= 15 is 0 Å². The predicted molar refractivity (Wildman–Crippen MR) is 177 cm³/mol. The van der Waals surface area contributed by atoms with E-state index in [1.165, 1.54) is 7.11 Å². The highest BCUT2D eigenvalue weighted by molar-refractivity contribution is 5.93. The summed E-state index contributed by atoms with van der Waals surface area (Å²) in [5.41, 5.74) is 1.19. The highest BCUT2D eigenvalue weighted by Gasteiger charge is 2.60. The van der Waals surface area contributed by atoms with Gasteiger partial charge < -0.3 is 29.2 Å². The van der Waals surface area contributed by atoms with Crippen molar-refractivity contribution >= 4 is 28.6 Å². The number of methoxy groups -OCH3 is 3. The van der Waals surface area contributed by atoms with Gasteiger partial charge in [0.25, 0.3) is 0 Å². The van der Waals surface area contributed by atoms with E-state index in [0.717, 1.165) is 47.6 Å². The second-order valence-electron chi connectivity index (χ2n) is 12.9. The molecule has 248 valence electrons. The molecule has 9 nitrogen and oxygen atoms in total. The Morgan fingerprint density at radius 3 is 2.47 bits per heavy atom. The first-order valence-electron chi connectivity index (χ1n) is 16.5. The van der Waals surface area contributed by atoms with E-state index in [9.17, 15) is 14.4 Å². The summed E-state index contributed by atoms with van der Waals surface area (Å²) >= 11 is 0. The van der Waals surface area contributed by atoms with Gasteiger partial charge in [0, 0.05) is 24.6 Å². The molecule has 9 heteroatoms. The average molecular weight is 641 g/mol. The van der Waals surface area contributed by atoms with Crippen LogP contribution in [0, 0.1) is 17.3 Å². The fourth-order valence-corrected chi connectivity index (χ4v) is 7.80. The lowest BCUT2D eigenvalue weighted by molar-refractivity contribution is -0.178. The van der Waals surface area contributed by atoms with Crippen molar-refractivity contribution < 1.29 is 33.3 Å². The van der Waals surface area contributed by atoms with E-state index in [1.807, 2.05) is 67.6 Å². The smallest absolute Gasteiger partial charge is 0.320 e. The summed E-state index contributed by atoms with van der Waals surface area (Å²) in [5, 5.41) is 5.06. The average Bonchev–Trinajstić information content (AvgIpc) is 3.64. The summed E-state index contributed by atoms with van der Waals surface area (Å²) in [7, 11) is 4.50. The molecule has 47 heavy (non-hydrogen) atoms. The minimum atomic E-state index is -1.24. The Labute approximate surface area is 276 Å². The van der Waals surface area contributed by atoms with Gasteiger partial charge in [0.1, 0.15) is 5.41 Å². The van der Waals surface area contributed by atoms with Gasteiger partial charge in [-0.25, -0.2) is 0 Å². The van der Waals surface area contributed by atoms with Gasteiger partial charge in [0.15, 0.2) is 11.5 Å². The number of hydrogen-bond donors (Lipinski definition) is 1. The van der Waals surface area contributed by atoms with Crippen LogP contribution >= 0.6 is 0 Å². The summed E-state index contributed by atoms with van der Waals surface area (Å²) in [6.45, 7) is 2.42. The predicted octanol–water partition coefficient (Wildman–Crippen LogP) is 5.93. The number of amides is 2. The second-order valence-corrected chi connectivity index (χ2v) is 12.9. The summed E-state index contributed by atoms with van der Waals surface area (Å²) in [6, 6.07) is 19.6. The van der Waals surface area contributed by atoms with Crippen LogP contribution in [0.1, 0.15) is 56.6 Å². The number of carbonyl (C=O) groups excluding carboxylic acids is 3. The minimum Gasteiger partial charge on any atom is -0.493 e. The van der Waals surface area contributed by atoms with E-state index in [-0.39, 0.29) is 43.8 Å². The molecular weight excluding hydrogens is 596 g/mol. The zero-order valence-electron chi connectivity index (χ0n) is 27.6. The Morgan fingerprint density at radius 1 is 0.979 bits per heavy atom. The molecule has 2 aliphatic heterocycles. The first-order chi connectivity index (χ1) is 22.8. The topological polar surface area (TPSA) is 103 Å². The van der Waals surface area contributed by atoms with Crippen molar-refractivity contribution in [3.05, 3.63) is 83.6 Å². The largest absolute Gasteiger partial charge is 0.493 e. The van der Waals surface area contributed by atoms with Gasteiger partial charge in [-0.1, -0.05) is 61.4 Å². The zero-order valence-corrected chi connectivity index (χ0v) is 27.6. The third-order valence-electron chi connectivity index (χ3n) is 10.3. The highest BCUT2D eigenvalue weighted by Crippen LogP contribution is 2.52. The molecule has 1 N–H and O–H groups in total. The van der Waals surface area contributed by atoms with Crippen molar-refractivity contribution in [2.75, 3.05) is 21.3 Å². The molecule has 1 aliphatic carbocycles. The molecule has 0 aromatic heterocycles. The molecule has 1 saturated heterocycles. The maximum absolute atomic E-state index is 14.6. The van der Waals surface area contributed by atoms with Crippen molar-refractivity contribution in [3.8, 4) is 11.5 Å². The molecule has 3 aromatic carbocycles. The van der Waals surface area contributed by atoms with Crippen LogP contribution < -0.4 is 14.8 Å². The molecule has 3 aromatic rings. The van der Waals surface area contributed by atoms with Gasteiger partial charge in [-0.05, 0) is 72.2 Å². The van der Waals surface area contributed by atoms with Crippen LogP contribution in [0.25, 0.3) is 10.8 Å². The molecule has 2 heterocycles. The van der Waals surface area contributed by atoms with E-state index in [4.69, 9.17) is 18.9 Å². The Bertz CT molecular complexity index is 1670. The first kappa shape index (κ1) is 32.6. The van der Waals surface area contributed by atoms with Crippen LogP contribution in [-0.4, -0.2) is 56.2 Å². The highest BCUT2D eigenvalue weighted by atomic mass is 16.5. The Morgan fingerprint density at radius 2 is 1.72 bits per heavy atom. The number of piperidine rings is 1. The monoisotopic (exact) mass is 640 g/mol. The molecule has 3 aliphatic rings. The molecule has 0 radical (unpaired) electrons. The van der Waals surface area contributed by atoms with E-state index in [1.54, 1.807) is 25.2 Å².